The number of rotatable bonds is 17. The van der Waals surface area contributed by atoms with Crippen LogP contribution >= 0.6 is 11.6 Å². The molecule has 0 aliphatic rings. The smallest absolute Gasteiger partial charge is 0.282 e. The molecule has 2 aromatic rings. The van der Waals surface area contributed by atoms with Crippen molar-refractivity contribution in [1.29, 1.82) is 0 Å². The van der Waals surface area contributed by atoms with Crippen LogP contribution in [0.5, 0.6) is 11.5 Å². The van der Waals surface area contributed by atoms with Crippen molar-refractivity contribution in [2.75, 3.05) is 35.5 Å². The molecule has 0 aliphatic carbocycles. The molecule has 0 radical (unpaired) electrons. The van der Waals surface area contributed by atoms with Gasteiger partial charge in [0.05, 0.1) is 30.1 Å². The molecule has 0 fully saturated rings. The summed E-state index contributed by atoms with van der Waals surface area (Å²) in [6.07, 6.45) is 12.6. The Bertz CT molecular complexity index is 795. The summed E-state index contributed by atoms with van der Waals surface area (Å²) >= 11 is 6.66. The summed E-state index contributed by atoms with van der Waals surface area (Å²) in [5.41, 5.74) is 2.06. The largest absolute Gasteiger partial charge is 0.493 e. The summed E-state index contributed by atoms with van der Waals surface area (Å²) in [7, 11) is 8.14. The molecular formula is C25H40ClNO5. The second-order valence-electron chi connectivity index (χ2n) is 8.12. The lowest BCUT2D eigenvalue weighted by Crippen LogP contribution is -2.35. The van der Waals surface area contributed by atoms with Crippen molar-refractivity contribution in [2.24, 2.45) is 0 Å². The maximum Gasteiger partial charge on any atom is 0.282 e. The monoisotopic (exact) mass is 469 g/mol. The first-order valence-electron chi connectivity index (χ1n) is 11.6. The van der Waals surface area contributed by atoms with Crippen LogP contribution in [0.25, 0.3) is 10.9 Å². The molecule has 6 nitrogen and oxygen atoms in total. The molecule has 1 aromatic carbocycles. The van der Waals surface area contributed by atoms with Crippen LogP contribution < -0.4 is 9.47 Å². The minimum atomic E-state index is -0.884. The fourth-order valence-corrected chi connectivity index (χ4v) is 4.56. The van der Waals surface area contributed by atoms with Crippen molar-refractivity contribution >= 4 is 22.5 Å². The Kier molecular flexibility index (Phi) is 11.7. The van der Waals surface area contributed by atoms with Gasteiger partial charge in [0.1, 0.15) is 0 Å². The highest BCUT2D eigenvalue weighted by Gasteiger charge is 2.28. The molecule has 0 unspecified atom stereocenters. The lowest BCUT2D eigenvalue weighted by atomic mass is 10.0. The van der Waals surface area contributed by atoms with Crippen LogP contribution in [0, 0.1) is 0 Å². The van der Waals surface area contributed by atoms with Crippen LogP contribution in [-0.4, -0.2) is 46.5 Å². The second kappa shape index (κ2) is 13.9. The summed E-state index contributed by atoms with van der Waals surface area (Å²) in [6, 6.07) is 3.90. The molecule has 0 spiro atoms. The highest BCUT2D eigenvalue weighted by molar-refractivity contribution is 6.37. The average Bonchev–Trinajstić information content (AvgIpc) is 3.15. The van der Waals surface area contributed by atoms with Gasteiger partial charge in [0, 0.05) is 33.4 Å². The number of hydrogen-bond donors (Lipinski definition) is 1. The zero-order valence-electron chi connectivity index (χ0n) is 20.4. The molecule has 0 bridgehead atoms. The molecule has 0 amide bonds. The SMILES string of the molecule is COc1ccc2[nH]c(CCCCCCCCCCCC(OC)(OC)OC)c(Cl)c2c1OC. The van der Waals surface area contributed by atoms with Gasteiger partial charge in [-0.15, -0.1) is 0 Å². The van der Waals surface area contributed by atoms with Crippen LogP contribution in [0.3, 0.4) is 0 Å². The molecule has 0 atom stereocenters. The van der Waals surface area contributed by atoms with Crippen molar-refractivity contribution in [3.8, 4) is 11.5 Å². The van der Waals surface area contributed by atoms with Crippen molar-refractivity contribution in [1.82, 2.24) is 4.98 Å². The van der Waals surface area contributed by atoms with Crippen molar-refractivity contribution in [3.05, 3.63) is 22.8 Å². The first-order chi connectivity index (χ1) is 15.6. The average molecular weight is 470 g/mol. The maximum atomic E-state index is 6.66. The highest BCUT2D eigenvalue weighted by atomic mass is 35.5. The van der Waals surface area contributed by atoms with Gasteiger partial charge in [-0.2, -0.15) is 0 Å². The predicted molar refractivity (Wildman–Crippen MR) is 130 cm³/mol. The predicted octanol–water partition coefficient (Wildman–Crippen LogP) is 6.88. The van der Waals surface area contributed by atoms with Crippen molar-refractivity contribution < 1.29 is 23.7 Å². The number of nitrogens with one attached hydrogen (secondary N) is 1. The van der Waals surface area contributed by atoms with E-state index in [0.29, 0.717) is 11.5 Å². The van der Waals surface area contributed by atoms with E-state index in [0.717, 1.165) is 47.3 Å². The Morgan fingerprint density at radius 3 is 1.84 bits per heavy atom. The summed E-state index contributed by atoms with van der Waals surface area (Å²) in [5, 5.41) is 1.65. The molecule has 7 heteroatoms. The molecule has 32 heavy (non-hydrogen) atoms. The van der Waals surface area contributed by atoms with E-state index in [1.165, 1.54) is 44.9 Å². The number of H-pyrrole nitrogens is 1. The number of aromatic amines is 1. The molecule has 1 N–H and O–H groups in total. The molecule has 1 aromatic heterocycles. The maximum absolute atomic E-state index is 6.66. The third-order valence-electron chi connectivity index (χ3n) is 6.16. The Morgan fingerprint density at radius 1 is 0.750 bits per heavy atom. The third-order valence-corrected chi connectivity index (χ3v) is 6.58. The van der Waals surface area contributed by atoms with E-state index >= 15 is 0 Å². The second-order valence-corrected chi connectivity index (χ2v) is 8.50. The van der Waals surface area contributed by atoms with Gasteiger partial charge >= 0.3 is 0 Å². The number of methoxy groups -OCH3 is 5. The Labute approximate surface area is 197 Å². The zero-order chi connectivity index (χ0) is 23.4. The van der Waals surface area contributed by atoms with Gasteiger partial charge in [-0.1, -0.05) is 56.5 Å². The lowest BCUT2D eigenvalue weighted by Gasteiger charge is -2.28. The van der Waals surface area contributed by atoms with Crippen molar-refractivity contribution in [2.45, 2.75) is 76.6 Å². The molecular weight excluding hydrogens is 430 g/mol. The first kappa shape index (κ1) is 26.8. The first-order valence-corrected chi connectivity index (χ1v) is 12.0. The van der Waals surface area contributed by atoms with E-state index in [9.17, 15) is 0 Å². The van der Waals surface area contributed by atoms with Crippen LogP contribution in [0.1, 0.15) is 69.9 Å². The summed E-state index contributed by atoms with van der Waals surface area (Å²) < 4.78 is 26.9. The number of aryl methyl sites for hydroxylation is 1. The van der Waals surface area contributed by atoms with E-state index in [-0.39, 0.29) is 0 Å². The molecule has 0 saturated carbocycles. The van der Waals surface area contributed by atoms with Crippen LogP contribution in [0.15, 0.2) is 12.1 Å². The van der Waals surface area contributed by atoms with E-state index in [2.05, 4.69) is 4.98 Å². The molecule has 1 heterocycles. The summed E-state index contributed by atoms with van der Waals surface area (Å²) in [4.78, 5) is 3.45. The lowest BCUT2D eigenvalue weighted by molar-refractivity contribution is -0.355. The van der Waals surface area contributed by atoms with Crippen LogP contribution in [-0.2, 0) is 20.6 Å². The normalized spacial score (nSPS) is 11.9. The van der Waals surface area contributed by atoms with Gasteiger partial charge in [0.15, 0.2) is 11.5 Å². The standard InChI is InChI=1S/C25H40ClNO5/c1-28-21-17-16-19-22(24(21)29-2)23(26)20(27-19)15-13-11-9-7-6-8-10-12-14-18-25(30-3,31-4)32-5/h16-17,27H,6-15,18H2,1-5H3. The van der Waals surface area contributed by atoms with E-state index in [4.69, 9.17) is 35.3 Å². The molecule has 182 valence electrons. The van der Waals surface area contributed by atoms with Gasteiger partial charge in [-0.25, -0.2) is 0 Å². The van der Waals surface area contributed by atoms with E-state index < -0.39 is 5.97 Å². The fraction of sp³-hybridized carbons (Fsp3) is 0.680. The fourth-order valence-electron chi connectivity index (χ4n) is 4.23. The number of benzene rings is 1. The zero-order valence-corrected chi connectivity index (χ0v) is 21.1. The Balaban J connectivity index is 1.62. The summed E-state index contributed by atoms with van der Waals surface area (Å²) in [5.74, 6) is 0.503. The van der Waals surface area contributed by atoms with E-state index in [1.54, 1.807) is 35.5 Å². The van der Waals surface area contributed by atoms with Crippen molar-refractivity contribution in [3.63, 3.8) is 0 Å². The van der Waals surface area contributed by atoms with Gasteiger partial charge < -0.3 is 28.7 Å². The van der Waals surface area contributed by atoms with Crippen LogP contribution in [0.2, 0.25) is 5.02 Å². The number of hydrogen-bond acceptors (Lipinski definition) is 5. The van der Waals surface area contributed by atoms with Gasteiger partial charge in [-0.05, 0) is 31.4 Å². The molecule has 2 rings (SSSR count). The quantitative estimate of drug-likeness (QED) is 0.202. The van der Waals surface area contributed by atoms with Crippen LogP contribution in [0.4, 0.5) is 0 Å². The number of ether oxygens (including phenoxy) is 5. The van der Waals surface area contributed by atoms with E-state index in [1.807, 2.05) is 12.1 Å². The number of unbranched alkanes of at least 4 members (excludes halogenated alkanes) is 8. The molecule has 0 saturated heterocycles. The Hall–Kier alpha value is -1.47. The van der Waals surface area contributed by atoms with Gasteiger partial charge in [-0.3, -0.25) is 0 Å². The minimum absolute atomic E-state index is 0.690. The Morgan fingerprint density at radius 2 is 1.31 bits per heavy atom. The summed E-state index contributed by atoms with van der Waals surface area (Å²) in [6.45, 7) is 0. The number of fused-ring (bicyclic) bond motifs is 1. The minimum Gasteiger partial charge on any atom is -0.493 e. The number of halogens is 1. The highest BCUT2D eigenvalue weighted by Crippen LogP contribution is 2.41. The van der Waals surface area contributed by atoms with Gasteiger partial charge in [0.25, 0.3) is 5.97 Å². The topological polar surface area (TPSA) is 61.9 Å². The number of aromatic nitrogens is 1. The molecule has 0 aliphatic heterocycles. The van der Waals surface area contributed by atoms with Gasteiger partial charge in [0.2, 0.25) is 0 Å². The third kappa shape index (κ3) is 7.01.